The maximum Gasteiger partial charge on any atom is 0.197 e. The highest BCUT2D eigenvalue weighted by Gasteiger charge is 2.52. The van der Waals surface area contributed by atoms with Gasteiger partial charge in [0, 0.05) is 17.7 Å². The fraction of sp³-hybridized carbons (Fsp3) is 0.464. The molecule has 2 aromatic carbocycles. The molecule has 0 saturated carbocycles. The van der Waals surface area contributed by atoms with Crippen LogP contribution in [0, 0.1) is 0 Å². The van der Waals surface area contributed by atoms with Crippen LogP contribution < -0.4 is 10.2 Å². The first-order chi connectivity index (χ1) is 20.9. The first kappa shape index (κ1) is 31.9. The first-order valence-electron chi connectivity index (χ1n) is 13.4. The number of fused-ring (bicyclic) bond motifs is 1. The van der Waals surface area contributed by atoms with E-state index < -0.39 is 102 Å². The predicted molar refractivity (Wildman–Crippen MR) is 145 cm³/mol. The Morgan fingerprint density at radius 1 is 0.795 bits per heavy atom. The molecule has 1 aromatic heterocycles. The van der Waals surface area contributed by atoms with Crippen LogP contribution in [0.4, 0.5) is 0 Å². The molecule has 3 heterocycles. The van der Waals surface area contributed by atoms with E-state index in [1.807, 2.05) is 0 Å². The van der Waals surface area contributed by atoms with Crippen molar-refractivity contribution in [3.63, 3.8) is 0 Å². The first-order valence-corrected chi connectivity index (χ1v) is 13.4. The summed E-state index contributed by atoms with van der Waals surface area (Å²) in [4.78, 5) is 13.3. The van der Waals surface area contributed by atoms with Gasteiger partial charge in [0.05, 0.1) is 25.9 Å². The van der Waals surface area contributed by atoms with Gasteiger partial charge in [-0.25, -0.2) is 0 Å². The second-order valence-corrected chi connectivity index (χ2v) is 10.4. The van der Waals surface area contributed by atoms with Gasteiger partial charge in [0.15, 0.2) is 23.2 Å². The number of rotatable bonds is 7. The Kier molecular flexibility index (Phi) is 9.01. The van der Waals surface area contributed by atoms with E-state index in [0.29, 0.717) is 5.56 Å². The van der Waals surface area contributed by atoms with Gasteiger partial charge in [-0.2, -0.15) is 0 Å². The molecule has 16 heteroatoms. The molecule has 0 spiro atoms. The lowest BCUT2D eigenvalue weighted by molar-refractivity contribution is -0.342. The van der Waals surface area contributed by atoms with E-state index >= 15 is 0 Å². The number of aliphatic hydroxyl groups excluding tert-OH is 7. The number of hydrogen-bond donors (Lipinski definition) is 10. The summed E-state index contributed by atoms with van der Waals surface area (Å²) in [6.45, 7) is -1.63. The molecule has 0 amide bonds. The highest BCUT2D eigenvalue weighted by atomic mass is 16.7. The summed E-state index contributed by atoms with van der Waals surface area (Å²) in [6.07, 6.45) is -17.5. The van der Waals surface area contributed by atoms with Crippen LogP contribution in [0.25, 0.3) is 22.3 Å². The van der Waals surface area contributed by atoms with Crippen LogP contribution in [0.5, 0.6) is 23.0 Å². The van der Waals surface area contributed by atoms with Gasteiger partial charge < -0.3 is 74.4 Å². The molecule has 3 aromatic rings. The van der Waals surface area contributed by atoms with Crippen LogP contribution in [0.2, 0.25) is 0 Å². The number of methoxy groups -OCH3 is 1. The van der Waals surface area contributed by atoms with Crippen molar-refractivity contribution in [1.82, 2.24) is 0 Å². The number of ether oxygens (including phenoxy) is 4. The molecular formula is C28H32O16. The Bertz CT molecular complexity index is 1550. The largest absolute Gasteiger partial charge is 0.507 e. The molecule has 44 heavy (non-hydrogen) atoms. The Balaban J connectivity index is 1.59. The minimum absolute atomic E-state index is 0.0102. The highest BCUT2D eigenvalue weighted by Crippen LogP contribution is 2.46. The van der Waals surface area contributed by atoms with Gasteiger partial charge in [0.2, 0.25) is 0 Å². The zero-order chi connectivity index (χ0) is 32.0. The predicted octanol–water partition coefficient (Wildman–Crippen LogP) is -2.08. The number of hydrogen-bond acceptors (Lipinski definition) is 16. The fourth-order valence-electron chi connectivity index (χ4n) is 5.37. The van der Waals surface area contributed by atoms with Crippen LogP contribution in [-0.2, 0) is 14.2 Å². The molecule has 2 aliphatic heterocycles. The maximum atomic E-state index is 13.3. The summed E-state index contributed by atoms with van der Waals surface area (Å²) >= 11 is 0. The highest BCUT2D eigenvalue weighted by molar-refractivity contribution is 5.88. The Labute approximate surface area is 247 Å². The van der Waals surface area contributed by atoms with E-state index in [1.165, 1.54) is 25.3 Å². The van der Waals surface area contributed by atoms with Crippen molar-refractivity contribution in [1.29, 1.82) is 0 Å². The van der Waals surface area contributed by atoms with E-state index in [2.05, 4.69) is 0 Å². The third kappa shape index (κ3) is 5.45. The zero-order valence-electron chi connectivity index (χ0n) is 23.0. The van der Waals surface area contributed by atoms with Crippen LogP contribution in [-0.4, -0.2) is 127 Å². The second kappa shape index (κ2) is 12.4. The lowest BCUT2D eigenvalue weighted by Crippen LogP contribution is -2.62. The molecule has 0 radical (unpaired) electrons. The minimum Gasteiger partial charge on any atom is -0.507 e. The van der Waals surface area contributed by atoms with Crippen LogP contribution in [0.15, 0.2) is 39.5 Å². The number of phenolic OH excluding ortho intramolecular Hbond substituents is 3. The van der Waals surface area contributed by atoms with Gasteiger partial charge in [0.25, 0.3) is 0 Å². The standard InChI is InChI=1S/C28H32O16/c1-40-14-4-9(2-3-10(14)31)13-5-11(32)18-15(41-13)6-12(33)19(22(18)36)26-27(24(38)21(35)16(7-29)42-26)44-28-25(39)23(37)20(34)17(8-30)43-28/h2-6,16-17,20-21,23-31,33-39H,7-8H2,1H3/t16-,17-,20-,21-,23+,24+,25-,26+,27-,28+/m0/s1. The fourth-order valence-corrected chi connectivity index (χ4v) is 5.37. The Morgan fingerprint density at radius 2 is 1.45 bits per heavy atom. The van der Waals surface area contributed by atoms with Crippen molar-refractivity contribution in [2.24, 2.45) is 0 Å². The lowest BCUT2D eigenvalue weighted by atomic mass is 9.89. The summed E-state index contributed by atoms with van der Waals surface area (Å²) in [7, 11) is 1.33. The monoisotopic (exact) mass is 624 g/mol. The van der Waals surface area contributed by atoms with Crippen molar-refractivity contribution in [3.05, 3.63) is 46.1 Å². The van der Waals surface area contributed by atoms with Crippen molar-refractivity contribution >= 4 is 11.0 Å². The van der Waals surface area contributed by atoms with E-state index in [-0.39, 0.29) is 22.8 Å². The number of phenols is 3. The molecule has 0 bridgehead atoms. The molecule has 2 fully saturated rings. The van der Waals surface area contributed by atoms with Crippen molar-refractivity contribution in [2.75, 3.05) is 20.3 Å². The second-order valence-electron chi connectivity index (χ2n) is 10.4. The molecule has 0 unspecified atom stereocenters. The normalized spacial score (nSPS) is 32.5. The molecule has 2 aliphatic rings. The van der Waals surface area contributed by atoms with Crippen LogP contribution >= 0.6 is 0 Å². The van der Waals surface area contributed by atoms with Crippen LogP contribution in [0.1, 0.15) is 11.7 Å². The van der Waals surface area contributed by atoms with Gasteiger partial charge in [0.1, 0.15) is 83.2 Å². The number of aliphatic hydroxyl groups is 7. The van der Waals surface area contributed by atoms with Crippen molar-refractivity contribution in [3.8, 4) is 34.3 Å². The van der Waals surface area contributed by atoms with Crippen molar-refractivity contribution in [2.45, 2.75) is 61.2 Å². The number of aromatic hydroxyl groups is 3. The molecule has 2 saturated heterocycles. The minimum atomic E-state index is -1.93. The van der Waals surface area contributed by atoms with Crippen LogP contribution in [0.3, 0.4) is 0 Å². The average molecular weight is 625 g/mol. The summed E-state index contributed by atoms with van der Waals surface area (Å²) in [6, 6.07) is 6.16. The summed E-state index contributed by atoms with van der Waals surface area (Å²) in [5.74, 6) is -1.68. The molecule has 0 aliphatic carbocycles. The molecule has 10 N–H and O–H groups in total. The third-order valence-corrected chi connectivity index (χ3v) is 7.77. The quantitative estimate of drug-likeness (QED) is 0.135. The van der Waals surface area contributed by atoms with Crippen molar-refractivity contribution < 1.29 is 74.4 Å². The lowest BCUT2D eigenvalue weighted by Gasteiger charge is -2.46. The maximum absolute atomic E-state index is 13.3. The molecule has 10 atom stereocenters. The SMILES string of the molecule is COc1cc(-c2cc(=O)c3c(O)c([C@H]4O[C@@H](CO)[C@H](O)[C@@H](O)[C@@H]4O[C@H]4O[C@@H](CO)[C@H](O)[C@@H](O)[C@@H]4O)c(O)cc3o2)ccc1O. The molecule has 16 nitrogen and oxygen atoms in total. The van der Waals surface area contributed by atoms with E-state index in [9.17, 15) is 55.9 Å². The van der Waals surface area contributed by atoms with E-state index in [4.69, 9.17) is 23.4 Å². The van der Waals surface area contributed by atoms with Gasteiger partial charge in [-0.3, -0.25) is 4.79 Å². The van der Waals surface area contributed by atoms with Gasteiger partial charge in [-0.15, -0.1) is 0 Å². The molecule has 5 rings (SSSR count). The van der Waals surface area contributed by atoms with Gasteiger partial charge in [-0.05, 0) is 18.2 Å². The van der Waals surface area contributed by atoms with E-state index in [0.717, 1.165) is 12.1 Å². The summed E-state index contributed by atoms with van der Waals surface area (Å²) < 4.78 is 27.6. The topological polar surface area (TPSA) is 269 Å². The Morgan fingerprint density at radius 3 is 2.11 bits per heavy atom. The summed E-state index contributed by atoms with van der Waals surface area (Å²) in [5, 5.41) is 103. The number of benzene rings is 2. The zero-order valence-corrected chi connectivity index (χ0v) is 23.0. The molecule has 240 valence electrons. The summed E-state index contributed by atoms with van der Waals surface area (Å²) in [5.41, 5.74) is -1.27. The third-order valence-electron chi connectivity index (χ3n) is 7.77. The van der Waals surface area contributed by atoms with E-state index in [1.54, 1.807) is 0 Å². The molecular weight excluding hydrogens is 592 g/mol. The van der Waals surface area contributed by atoms with Gasteiger partial charge in [-0.1, -0.05) is 0 Å². The van der Waals surface area contributed by atoms with Gasteiger partial charge >= 0.3 is 0 Å². The average Bonchev–Trinajstić information content (AvgIpc) is 3.00. The Hall–Kier alpha value is -3.55. The smallest absolute Gasteiger partial charge is 0.197 e.